The molecular weight excluding hydrogens is 328 g/mol. The lowest BCUT2D eigenvalue weighted by molar-refractivity contribution is 0.295. The lowest BCUT2D eigenvalue weighted by atomic mass is 9.84. The Balaban J connectivity index is 1.26. The van der Waals surface area contributed by atoms with Crippen molar-refractivity contribution < 1.29 is 0 Å². The molecule has 3 aliphatic rings. The maximum Gasteiger partial charge on any atom is 0.208 e. The van der Waals surface area contributed by atoms with Crippen LogP contribution in [0.25, 0.3) is 0 Å². The van der Waals surface area contributed by atoms with Gasteiger partial charge in [-0.25, -0.2) is 0 Å². The van der Waals surface area contributed by atoms with E-state index in [9.17, 15) is 0 Å². The Kier molecular flexibility index (Phi) is 6.24. The Morgan fingerprint density at radius 2 is 1.64 bits per heavy atom. The molecule has 3 heterocycles. The molecule has 1 saturated carbocycles. The van der Waals surface area contributed by atoms with E-state index in [0.717, 1.165) is 24.9 Å². The summed E-state index contributed by atoms with van der Waals surface area (Å²) in [4.78, 5) is 2.50. The van der Waals surface area contributed by atoms with Crippen LogP contribution in [0.3, 0.4) is 0 Å². The summed E-state index contributed by atoms with van der Waals surface area (Å²) in [5.41, 5.74) is 0. The highest BCUT2D eigenvalue weighted by Gasteiger charge is 2.26. The van der Waals surface area contributed by atoms with Crippen LogP contribution in [-0.2, 0) is 0 Å². The monoisotopic (exact) mass is 362 g/mol. The fraction of sp³-hybridized carbons (Fsp3) is 0.900. The summed E-state index contributed by atoms with van der Waals surface area (Å²) >= 11 is 1.85. The first-order valence-corrected chi connectivity index (χ1v) is 11.5. The van der Waals surface area contributed by atoms with Crippen molar-refractivity contribution in [2.45, 2.75) is 76.5 Å². The lowest BCUT2D eigenvalue weighted by Gasteiger charge is -2.33. The van der Waals surface area contributed by atoms with Crippen molar-refractivity contribution in [3.05, 3.63) is 5.01 Å². The summed E-state index contributed by atoms with van der Waals surface area (Å²) < 4.78 is 0. The van der Waals surface area contributed by atoms with E-state index in [-0.39, 0.29) is 0 Å². The van der Waals surface area contributed by atoms with Crippen LogP contribution >= 0.6 is 11.3 Å². The molecule has 0 aromatic carbocycles. The first kappa shape index (κ1) is 17.7. The van der Waals surface area contributed by atoms with Crippen LogP contribution in [-0.4, -0.2) is 36.4 Å². The van der Waals surface area contributed by atoms with Crippen molar-refractivity contribution in [2.75, 3.05) is 31.1 Å². The number of aromatic nitrogens is 2. The van der Waals surface area contributed by atoms with Crippen molar-refractivity contribution in [3.63, 3.8) is 0 Å². The average Bonchev–Trinajstić information content (AvgIpc) is 3.02. The summed E-state index contributed by atoms with van der Waals surface area (Å²) in [7, 11) is 0. The Bertz CT molecular complexity index is 510. The average molecular weight is 363 g/mol. The Morgan fingerprint density at radius 1 is 0.880 bits per heavy atom. The third kappa shape index (κ3) is 4.73. The molecule has 2 saturated heterocycles. The lowest BCUT2D eigenvalue weighted by Crippen LogP contribution is -2.34. The van der Waals surface area contributed by atoms with Gasteiger partial charge in [-0.15, -0.1) is 10.2 Å². The number of nitrogens with one attached hydrogen (secondary N) is 1. The van der Waals surface area contributed by atoms with Crippen LogP contribution in [0.2, 0.25) is 0 Å². The van der Waals surface area contributed by atoms with E-state index in [0.29, 0.717) is 5.92 Å². The van der Waals surface area contributed by atoms with Gasteiger partial charge in [0.25, 0.3) is 0 Å². The van der Waals surface area contributed by atoms with Gasteiger partial charge in [-0.1, -0.05) is 49.9 Å². The number of hydrogen-bond acceptors (Lipinski definition) is 5. The largest absolute Gasteiger partial charge is 0.347 e. The molecule has 140 valence electrons. The van der Waals surface area contributed by atoms with Crippen LogP contribution < -0.4 is 10.2 Å². The smallest absolute Gasteiger partial charge is 0.208 e. The van der Waals surface area contributed by atoms with E-state index in [1.54, 1.807) is 0 Å². The molecule has 0 spiro atoms. The fourth-order valence-electron chi connectivity index (χ4n) is 5.01. The second-order valence-electron chi connectivity index (χ2n) is 8.49. The molecule has 5 heteroatoms. The molecule has 4 rings (SSSR count). The molecule has 1 aliphatic carbocycles. The highest BCUT2D eigenvalue weighted by atomic mass is 32.1. The van der Waals surface area contributed by atoms with Gasteiger partial charge in [0.15, 0.2) is 0 Å². The predicted molar refractivity (Wildman–Crippen MR) is 105 cm³/mol. The molecule has 1 aromatic heterocycles. The molecular formula is C20H34N4S. The summed E-state index contributed by atoms with van der Waals surface area (Å²) in [5, 5.41) is 15.0. The minimum absolute atomic E-state index is 0.591. The van der Waals surface area contributed by atoms with Gasteiger partial charge in [0.05, 0.1) is 0 Å². The maximum atomic E-state index is 4.53. The highest BCUT2D eigenvalue weighted by Crippen LogP contribution is 2.35. The van der Waals surface area contributed by atoms with Gasteiger partial charge in [-0.3, -0.25) is 0 Å². The highest BCUT2D eigenvalue weighted by molar-refractivity contribution is 7.15. The van der Waals surface area contributed by atoms with Crippen LogP contribution in [0.5, 0.6) is 0 Å². The van der Waals surface area contributed by atoms with Gasteiger partial charge in [0.2, 0.25) is 5.13 Å². The van der Waals surface area contributed by atoms with Crippen molar-refractivity contribution in [3.8, 4) is 0 Å². The molecule has 1 aromatic rings. The fourth-order valence-corrected chi connectivity index (χ4v) is 6.04. The van der Waals surface area contributed by atoms with Gasteiger partial charge in [-0.2, -0.15) is 0 Å². The van der Waals surface area contributed by atoms with Gasteiger partial charge in [0.1, 0.15) is 5.01 Å². The van der Waals surface area contributed by atoms with E-state index in [1.807, 2.05) is 11.3 Å². The summed E-state index contributed by atoms with van der Waals surface area (Å²) in [6.07, 6.45) is 15.6. The number of anilines is 1. The maximum absolute atomic E-state index is 4.53. The zero-order valence-corrected chi connectivity index (χ0v) is 16.4. The molecule has 4 nitrogen and oxygen atoms in total. The van der Waals surface area contributed by atoms with E-state index in [1.165, 1.54) is 93.9 Å². The number of rotatable bonds is 4. The van der Waals surface area contributed by atoms with Crippen molar-refractivity contribution in [1.82, 2.24) is 15.5 Å². The number of nitrogens with zero attached hydrogens (tertiary/aromatic N) is 3. The van der Waals surface area contributed by atoms with Gasteiger partial charge in [-0.05, 0) is 50.5 Å². The standard InChI is InChI=1S/C20H34N4S/c1-2-4-7-16(6-3-1)14-17-9-12-24(13-10-17)20-23-22-19(25-20)18-8-5-11-21-15-18/h16-18,21H,1-15H2. The second-order valence-corrected chi connectivity index (χ2v) is 9.48. The van der Waals surface area contributed by atoms with Gasteiger partial charge < -0.3 is 10.2 Å². The second kappa shape index (κ2) is 8.81. The van der Waals surface area contributed by atoms with Crippen LogP contribution in [0, 0.1) is 11.8 Å². The first-order chi connectivity index (χ1) is 12.4. The molecule has 0 radical (unpaired) electrons. The van der Waals surface area contributed by atoms with E-state index in [4.69, 9.17) is 0 Å². The predicted octanol–water partition coefficient (Wildman–Crippen LogP) is 4.58. The van der Waals surface area contributed by atoms with Gasteiger partial charge >= 0.3 is 0 Å². The van der Waals surface area contributed by atoms with Crippen LogP contribution in [0.15, 0.2) is 0 Å². The SMILES string of the molecule is C1CCCC(CC2CCN(c3nnc(C4CCCNC4)s3)CC2)CC1. The zero-order chi connectivity index (χ0) is 16.9. The Hall–Kier alpha value is -0.680. The third-order valence-corrected chi connectivity index (χ3v) is 7.75. The summed E-state index contributed by atoms with van der Waals surface area (Å²) in [6, 6.07) is 0. The third-order valence-electron chi connectivity index (χ3n) is 6.60. The molecule has 1 N–H and O–H groups in total. The molecule has 0 bridgehead atoms. The molecule has 3 fully saturated rings. The summed E-state index contributed by atoms with van der Waals surface area (Å²) in [6.45, 7) is 4.62. The number of hydrogen-bond donors (Lipinski definition) is 1. The minimum Gasteiger partial charge on any atom is -0.347 e. The molecule has 25 heavy (non-hydrogen) atoms. The van der Waals surface area contributed by atoms with E-state index < -0.39 is 0 Å². The topological polar surface area (TPSA) is 41.1 Å². The van der Waals surface area contributed by atoms with Crippen molar-refractivity contribution in [1.29, 1.82) is 0 Å². The quantitative estimate of drug-likeness (QED) is 0.796. The van der Waals surface area contributed by atoms with Crippen LogP contribution in [0.4, 0.5) is 5.13 Å². The van der Waals surface area contributed by atoms with Crippen molar-refractivity contribution >= 4 is 16.5 Å². The van der Waals surface area contributed by atoms with Gasteiger partial charge in [0, 0.05) is 25.6 Å². The molecule has 0 amide bonds. The number of piperidine rings is 2. The minimum atomic E-state index is 0.591. The van der Waals surface area contributed by atoms with E-state index in [2.05, 4.69) is 20.4 Å². The normalized spacial score (nSPS) is 27.4. The Labute approximate surface area is 156 Å². The Morgan fingerprint density at radius 3 is 2.36 bits per heavy atom. The summed E-state index contributed by atoms with van der Waals surface area (Å²) in [5.74, 6) is 2.56. The van der Waals surface area contributed by atoms with Crippen LogP contribution in [0.1, 0.15) is 81.6 Å². The van der Waals surface area contributed by atoms with E-state index >= 15 is 0 Å². The zero-order valence-electron chi connectivity index (χ0n) is 15.6. The first-order valence-electron chi connectivity index (χ1n) is 10.7. The molecule has 2 aliphatic heterocycles. The molecule has 1 unspecified atom stereocenters. The van der Waals surface area contributed by atoms with Crippen molar-refractivity contribution in [2.24, 2.45) is 11.8 Å². The molecule has 1 atom stereocenters.